The van der Waals surface area contributed by atoms with E-state index in [0.717, 1.165) is 17.7 Å². The molecule has 0 aliphatic rings. The van der Waals surface area contributed by atoms with Crippen molar-refractivity contribution in [1.29, 1.82) is 0 Å². The van der Waals surface area contributed by atoms with Crippen LogP contribution >= 0.6 is 0 Å². The topological polar surface area (TPSA) is 32.3 Å². The zero-order valence-corrected chi connectivity index (χ0v) is 10.9. The fourth-order valence-corrected chi connectivity index (χ4v) is 2.02. The number of phenols is 1. The zero-order chi connectivity index (χ0) is 13.0. The summed E-state index contributed by atoms with van der Waals surface area (Å²) in [7, 11) is 0. The van der Waals surface area contributed by atoms with E-state index in [1.54, 1.807) is 6.07 Å². The van der Waals surface area contributed by atoms with E-state index >= 15 is 0 Å². The maximum absolute atomic E-state index is 9.80. The lowest BCUT2D eigenvalue weighted by atomic mass is 10.1. The van der Waals surface area contributed by atoms with E-state index in [4.69, 9.17) is 0 Å². The fourth-order valence-electron chi connectivity index (χ4n) is 2.02. The van der Waals surface area contributed by atoms with Crippen LogP contribution in [0.25, 0.3) is 0 Å². The van der Waals surface area contributed by atoms with E-state index in [2.05, 4.69) is 36.5 Å². The van der Waals surface area contributed by atoms with Crippen LogP contribution in [0, 0.1) is 0 Å². The first-order valence-corrected chi connectivity index (χ1v) is 6.34. The minimum absolute atomic E-state index is 0.0821. The number of aromatic hydroxyl groups is 1. The van der Waals surface area contributed by atoms with Crippen LogP contribution in [0.15, 0.2) is 48.5 Å². The van der Waals surface area contributed by atoms with Crippen LogP contribution in [0.5, 0.6) is 5.75 Å². The molecule has 0 aromatic heterocycles. The molecule has 1 atom stereocenters. The van der Waals surface area contributed by atoms with E-state index in [0.29, 0.717) is 5.75 Å². The van der Waals surface area contributed by atoms with Crippen LogP contribution in [0.4, 0.5) is 5.69 Å². The average Bonchev–Trinajstić information content (AvgIpc) is 2.40. The fraction of sp³-hybridized carbons (Fsp3) is 0.250. The standard InChI is InChI=1S/C16H19NO/c1-3-13-8-10-14(11-9-13)17-12(2)15-6-4-5-7-16(15)18/h4-12,17-18H,3H2,1-2H3. The molecule has 0 heterocycles. The highest BCUT2D eigenvalue weighted by atomic mass is 16.3. The van der Waals surface area contributed by atoms with Crippen molar-refractivity contribution in [2.45, 2.75) is 26.3 Å². The monoisotopic (exact) mass is 241 g/mol. The van der Waals surface area contributed by atoms with Gasteiger partial charge in [-0.25, -0.2) is 0 Å². The Bertz CT molecular complexity index is 505. The summed E-state index contributed by atoms with van der Waals surface area (Å²) in [6, 6.07) is 15.9. The molecular weight excluding hydrogens is 222 g/mol. The van der Waals surface area contributed by atoms with Crippen molar-refractivity contribution < 1.29 is 5.11 Å². The molecule has 0 amide bonds. The lowest BCUT2D eigenvalue weighted by molar-refractivity contribution is 0.465. The molecule has 0 aliphatic heterocycles. The number of hydrogen-bond donors (Lipinski definition) is 2. The van der Waals surface area contributed by atoms with E-state index in [1.165, 1.54) is 5.56 Å². The Balaban J connectivity index is 2.11. The first-order chi connectivity index (χ1) is 8.70. The third-order valence-corrected chi connectivity index (χ3v) is 3.15. The summed E-state index contributed by atoms with van der Waals surface area (Å²) in [5.74, 6) is 0.336. The maximum atomic E-state index is 9.80. The largest absolute Gasteiger partial charge is 0.508 e. The molecule has 2 heteroatoms. The van der Waals surface area contributed by atoms with Crippen molar-refractivity contribution in [3.8, 4) is 5.75 Å². The summed E-state index contributed by atoms with van der Waals surface area (Å²) in [6.45, 7) is 4.19. The molecule has 0 aliphatic carbocycles. The second kappa shape index (κ2) is 5.58. The predicted octanol–water partition coefficient (Wildman–Crippen LogP) is 4.13. The zero-order valence-electron chi connectivity index (χ0n) is 10.9. The number of rotatable bonds is 4. The van der Waals surface area contributed by atoms with E-state index in [1.807, 2.05) is 25.1 Å². The van der Waals surface area contributed by atoms with Gasteiger partial charge in [-0.3, -0.25) is 0 Å². The Labute approximate surface area is 108 Å². The lowest BCUT2D eigenvalue weighted by Gasteiger charge is -2.17. The van der Waals surface area contributed by atoms with Crippen LogP contribution in [-0.2, 0) is 6.42 Å². The van der Waals surface area contributed by atoms with Gasteiger partial charge in [-0.1, -0.05) is 37.3 Å². The normalized spacial score (nSPS) is 12.1. The van der Waals surface area contributed by atoms with Crippen molar-refractivity contribution in [3.63, 3.8) is 0 Å². The highest BCUT2D eigenvalue weighted by molar-refractivity contribution is 5.48. The van der Waals surface area contributed by atoms with Gasteiger partial charge in [0.25, 0.3) is 0 Å². The summed E-state index contributed by atoms with van der Waals surface area (Å²) >= 11 is 0. The SMILES string of the molecule is CCc1ccc(NC(C)c2ccccc2O)cc1. The number of aryl methyl sites for hydroxylation is 1. The Morgan fingerprint density at radius 2 is 1.72 bits per heavy atom. The van der Waals surface area contributed by atoms with Gasteiger partial charge >= 0.3 is 0 Å². The molecule has 2 rings (SSSR count). The van der Waals surface area contributed by atoms with E-state index in [-0.39, 0.29) is 6.04 Å². The molecule has 0 saturated carbocycles. The molecule has 0 bridgehead atoms. The van der Waals surface area contributed by atoms with Gasteiger partial charge in [-0.15, -0.1) is 0 Å². The minimum atomic E-state index is 0.0821. The molecule has 18 heavy (non-hydrogen) atoms. The first-order valence-electron chi connectivity index (χ1n) is 6.34. The van der Waals surface area contributed by atoms with Crippen molar-refractivity contribution >= 4 is 5.69 Å². The molecule has 2 aromatic rings. The first kappa shape index (κ1) is 12.5. The van der Waals surface area contributed by atoms with Crippen LogP contribution in [0.2, 0.25) is 0 Å². The van der Waals surface area contributed by atoms with Gasteiger partial charge in [0, 0.05) is 11.3 Å². The lowest BCUT2D eigenvalue weighted by Crippen LogP contribution is -2.06. The minimum Gasteiger partial charge on any atom is -0.508 e. The van der Waals surface area contributed by atoms with Gasteiger partial charge in [0.1, 0.15) is 5.75 Å². The maximum Gasteiger partial charge on any atom is 0.120 e. The van der Waals surface area contributed by atoms with E-state index < -0.39 is 0 Å². The Morgan fingerprint density at radius 3 is 2.33 bits per heavy atom. The molecule has 2 aromatic carbocycles. The predicted molar refractivity (Wildman–Crippen MR) is 76.0 cm³/mol. The molecule has 0 fully saturated rings. The van der Waals surface area contributed by atoms with Crippen LogP contribution in [0.3, 0.4) is 0 Å². The van der Waals surface area contributed by atoms with Gasteiger partial charge in [-0.05, 0) is 37.1 Å². The highest BCUT2D eigenvalue weighted by Crippen LogP contribution is 2.26. The number of phenolic OH excluding ortho intramolecular Hbond substituents is 1. The third-order valence-electron chi connectivity index (χ3n) is 3.15. The summed E-state index contributed by atoms with van der Waals surface area (Å²) in [5.41, 5.74) is 3.32. The molecule has 0 radical (unpaired) electrons. The highest BCUT2D eigenvalue weighted by Gasteiger charge is 2.08. The van der Waals surface area contributed by atoms with Crippen LogP contribution in [0.1, 0.15) is 31.0 Å². The van der Waals surface area contributed by atoms with Gasteiger partial charge < -0.3 is 10.4 Å². The number of para-hydroxylation sites is 1. The van der Waals surface area contributed by atoms with Crippen LogP contribution in [-0.4, -0.2) is 5.11 Å². The molecule has 94 valence electrons. The second-order valence-electron chi connectivity index (χ2n) is 4.48. The number of nitrogens with one attached hydrogen (secondary N) is 1. The van der Waals surface area contributed by atoms with Gasteiger partial charge in [0.2, 0.25) is 0 Å². The molecule has 0 saturated heterocycles. The second-order valence-corrected chi connectivity index (χ2v) is 4.48. The molecule has 1 unspecified atom stereocenters. The van der Waals surface area contributed by atoms with Gasteiger partial charge in [-0.2, -0.15) is 0 Å². The Morgan fingerprint density at radius 1 is 1.06 bits per heavy atom. The van der Waals surface area contributed by atoms with Crippen molar-refractivity contribution in [2.75, 3.05) is 5.32 Å². The number of hydrogen-bond acceptors (Lipinski definition) is 2. The summed E-state index contributed by atoms with van der Waals surface area (Å²) in [6.07, 6.45) is 1.05. The van der Waals surface area contributed by atoms with Crippen molar-refractivity contribution in [1.82, 2.24) is 0 Å². The van der Waals surface area contributed by atoms with Gasteiger partial charge in [0.05, 0.1) is 6.04 Å². The van der Waals surface area contributed by atoms with Crippen molar-refractivity contribution in [3.05, 3.63) is 59.7 Å². The Hall–Kier alpha value is -1.96. The van der Waals surface area contributed by atoms with Gasteiger partial charge in [0.15, 0.2) is 0 Å². The number of anilines is 1. The smallest absolute Gasteiger partial charge is 0.120 e. The number of benzene rings is 2. The molecular formula is C16H19NO. The molecule has 2 N–H and O–H groups in total. The summed E-state index contributed by atoms with van der Waals surface area (Å²) < 4.78 is 0. The average molecular weight is 241 g/mol. The van der Waals surface area contributed by atoms with Crippen LogP contribution < -0.4 is 5.32 Å². The molecule has 0 spiro atoms. The summed E-state index contributed by atoms with van der Waals surface area (Å²) in [4.78, 5) is 0. The molecule has 2 nitrogen and oxygen atoms in total. The Kier molecular flexibility index (Phi) is 3.88. The van der Waals surface area contributed by atoms with Crippen molar-refractivity contribution in [2.24, 2.45) is 0 Å². The third kappa shape index (κ3) is 2.83. The summed E-state index contributed by atoms with van der Waals surface area (Å²) in [5, 5.41) is 13.2. The van der Waals surface area contributed by atoms with E-state index in [9.17, 15) is 5.11 Å². The quantitative estimate of drug-likeness (QED) is 0.843.